The Morgan fingerprint density at radius 2 is 1.88 bits per heavy atom. The molecule has 1 N–H and O–H groups in total. The number of unbranched alkanes of at least 4 members (excludes halogenated alkanes) is 2. The van der Waals surface area contributed by atoms with Crippen LogP contribution in [0.25, 0.3) is 0 Å². The minimum atomic E-state index is -0.786. The number of carboxylic acid groups (broad SMARTS) is 1. The number of halogens is 1. The Morgan fingerprint density at radius 1 is 1.25 bits per heavy atom. The van der Waals surface area contributed by atoms with Crippen LogP contribution in [0.3, 0.4) is 0 Å². The van der Waals surface area contributed by atoms with Crippen molar-refractivity contribution < 1.29 is 9.90 Å². The first-order chi connectivity index (χ1) is 7.70. The summed E-state index contributed by atoms with van der Waals surface area (Å²) in [5, 5.41) is 8.37. The lowest BCUT2D eigenvalue weighted by molar-refractivity contribution is -0.136. The third kappa shape index (κ3) is 9.53. The van der Waals surface area contributed by atoms with Crippen LogP contribution >= 0.6 is 11.6 Å². The number of carboxylic acids is 1. The van der Waals surface area contributed by atoms with E-state index in [1.807, 2.05) is 18.2 Å². The Labute approximate surface area is 102 Å². The van der Waals surface area contributed by atoms with E-state index in [2.05, 4.69) is 6.92 Å². The predicted octanol–water partition coefficient (Wildman–Crippen LogP) is 3.73. The van der Waals surface area contributed by atoms with Gasteiger partial charge in [-0.1, -0.05) is 50.1 Å². The number of carbonyl (C=O) groups is 1. The Bertz CT molecular complexity index is 269. The Hall–Kier alpha value is -1.02. The highest BCUT2D eigenvalue weighted by Gasteiger charge is 1.96. The summed E-state index contributed by atoms with van der Waals surface area (Å²) in [6.45, 7) is 2.17. The molecule has 0 unspecified atom stereocenters. The van der Waals surface area contributed by atoms with E-state index in [1.54, 1.807) is 12.1 Å². The fourth-order valence-corrected chi connectivity index (χ4v) is 1.30. The second-order valence-corrected chi connectivity index (χ2v) is 3.83. The summed E-state index contributed by atoms with van der Waals surface area (Å²) in [4.78, 5) is 10.2. The summed E-state index contributed by atoms with van der Waals surface area (Å²) < 4.78 is 0. The van der Waals surface area contributed by atoms with E-state index in [0.717, 1.165) is 11.4 Å². The molecule has 0 saturated heterocycles. The molecule has 1 aromatic rings. The molecular weight excluding hydrogens is 224 g/mol. The maximum absolute atomic E-state index is 10.2. The Kier molecular flexibility index (Phi) is 9.83. The molecule has 0 saturated carbocycles. The highest BCUT2D eigenvalue weighted by Crippen LogP contribution is 1.98. The zero-order valence-electron chi connectivity index (χ0n) is 9.66. The van der Waals surface area contributed by atoms with Crippen LogP contribution in [-0.2, 0) is 11.2 Å². The largest absolute Gasteiger partial charge is 0.481 e. The van der Waals surface area contributed by atoms with Crippen LogP contribution in [0, 0.1) is 0 Å². The van der Waals surface area contributed by atoms with E-state index in [9.17, 15) is 4.79 Å². The van der Waals surface area contributed by atoms with Gasteiger partial charge in [0.2, 0.25) is 0 Å². The van der Waals surface area contributed by atoms with Gasteiger partial charge in [-0.05, 0) is 12.0 Å². The quantitative estimate of drug-likeness (QED) is 0.631. The van der Waals surface area contributed by atoms with Gasteiger partial charge >= 0.3 is 5.97 Å². The smallest absolute Gasteiger partial charge is 0.307 e. The van der Waals surface area contributed by atoms with Crippen molar-refractivity contribution in [2.24, 2.45) is 0 Å². The second kappa shape index (κ2) is 10.5. The van der Waals surface area contributed by atoms with E-state index in [4.69, 9.17) is 16.7 Å². The van der Waals surface area contributed by atoms with Crippen molar-refractivity contribution >= 4 is 17.6 Å². The van der Waals surface area contributed by atoms with Gasteiger partial charge in [0.05, 0.1) is 6.42 Å². The second-order valence-electron chi connectivity index (χ2n) is 3.45. The van der Waals surface area contributed by atoms with Gasteiger partial charge in [0, 0.05) is 5.88 Å². The molecule has 0 aliphatic heterocycles. The standard InChI is InChI=1S/C8H8O2.C5H11Cl/c9-8(10)6-7-4-2-1-3-5-7;1-2-3-4-5-6/h1-5H,6H2,(H,9,10);2-5H2,1H3. The maximum Gasteiger partial charge on any atom is 0.307 e. The van der Waals surface area contributed by atoms with Crippen molar-refractivity contribution in [2.75, 3.05) is 5.88 Å². The first-order valence-electron chi connectivity index (χ1n) is 5.52. The van der Waals surface area contributed by atoms with E-state index in [-0.39, 0.29) is 6.42 Å². The summed E-state index contributed by atoms with van der Waals surface area (Å²) >= 11 is 5.38. The molecular formula is C13H19ClO2. The van der Waals surface area contributed by atoms with Crippen molar-refractivity contribution in [3.05, 3.63) is 35.9 Å². The molecule has 0 spiro atoms. The minimum absolute atomic E-state index is 0.112. The van der Waals surface area contributed by atoms with Crippen LogP contribution in [0.5, 0.6) is 0 Å². The van der Waals surface area contributed by atoms with Gasteiger partial charge in [-0.2, -0.15) is 0 Å². The van der Waals surface area contributed by atoms with E-state index >= 15 is 0 Å². The highest BCUT2D eigenvalue weighted by molar-refractivity contribution is 6.17. The first-order valence-corrected chi connectivity index (χ1v) is 6.05. The topological polar surface area (TPSA) is 37.3 Å². The summed E-state index contributed by atoms with van der Waals surface area (Å²) in [5.74, 6) is 0.0413. The van der Waals surface area contributed by atoms with Gasteiger partial charge < -0.3 is 5.11 Å². The summed E-state index contributed by atoms with van der Waals surface area (Å²) in [6.07, 6.45) is 3.84. The van der Waals surface area contributed by atoms with Crippen LogP contribution in [0.1, 0.15) is 31.7 Å². The summed E-state index contributed by atoms with van der Waals surface area (Å²) in [7, 11) is 0. The molecule has 0 aliphatic carbocycles. The fraction of sp³-hybridized carbons (Fsp3) is 0.462. The van der Waals surface area contributed by atoms with Gasteiger partial charge in [-0.3, -0.25) is 4.79 Å². The molecule has 1 aromatic carbocycles. The summed E-state index contributed by atoms with van der Waals surface area (Å²) in [6, 6.07) is 9.13. The summed E-state index contributed by atoms with van der Waals surface area (Å²) in [5.41, 5.74) is 0.843. The Balaban J connectivity index is 0.000000325. The minimum Gasteiger partial charge on any atom is -0.481 e. The average molecular weight is 243 g/mol. The Morgan fingerprint density at radius 3 is 2.25 bits per heavy atom. The van der Waals surface area contributed by atoms with Crippen molar-refractivity contribution in [1.29, 1.82) is 0 Å². The zero-order chi connectivity index (χ0) is 12.2. The molecule has 0 aromatic heterocycles. The van der Waals surface area contributed by atoms with Crippen molar-refractivity contribution in [2.45, 2.75) is 32.6 Å². The fourth-order valence-electron chi connectivity index (χ4n) is 1.11. The van der Waals surface area contributed by atoms with Crippen molar-refractivity contribution in [1.82, 2.24) is 0 Å². The zero-order valence-corrected chi connectivity index (χ0v) is 10.4. The lowest BCUT2D eigenvalue weighted by atomic mass is 10.2. The molecule has 2 nitrogen and oxygen atoms in total. The molecule has 1 rings (SSSR count). The number of rotatable bonds is 5. The van der Waals surface area contributed by atoms with Crippen LogP contribution in [0.2, 0.25) is 0 Å². The molecule has 0 bridgehead atoms. The molecule has 0 atom stereocenters. The van der Waals surface area contributed by atoms with Crippen molar-refractivity contribution in [3.63, 3.8) is 0 Å². The predicted molar refractivity (Wildman–Crippen MR) is 68.0 cm³/mol. The van der Waals surface area contributed by atoms with Crippen LogP contribution in [0.4, 0.5) is 0 Å². The first kappa shape index (κ1) is 15.0. The monoisotopic (exact) mass is 242 g/mol. The molecule has 16 heavy (non-hydrogen) atoms. The highest BCUT2D eigenvalue weighted by atomic mass is 35.5. The SMILES string of the molecule is CCCCCCl.O=C(O)Cc1ccccc1. The average Bonchev–Trinajstić information content (AvgIpc) is 2.28. The molecule has 0 heterocycles. The number of aliphatic carboxylic acids is 1. The lowest BCUT2D eigenvalue weighted by Crippen LogP contribution is -1.98. The van der Waals surface area contributed by atoms with Crippen LogP contribution < -0.4 is 0 Å². The third-order valence-electron chi connectivity index (χ3n) is 1.94. The number of hydrogen-bond donors (Lipinski definition) is 1. The van der Waals surface area contributed by atoms with Gasteiger partial charge in [0.25, 0.3) is 0 Å². The van der Waals surface area contributed by atoms with Crippen LogP contribution in [-0.4, -0.2) is 17.0 Å². The molecule has 0 amide bonds. The maximum atomic E-state index is 10.2. The molecule has 0 fully saturated rings. The third-order valence-corrected chi connectivity index (χ3v) is 2.20. The van der Waals surface area contributed by atoms with E-state index < -0.39 is 5.97 Å². The number of benzene rings is 1. The normalized spacial score (nSPS) is 9.12. The van der Waals surface area contributed by atoms with Gasteiger partial charge in [0.15, 0.2) is 0 Å². The van der Waals surface area contributed by atoms with Gasteiger partial charge in [-0.15, -0.1) is 11.6 Å². The number of alkyl halides is 1. The van der Waals surface area contributed by atoms with Crippen molar-refractivity contribution in [3.8, 4) is 0 Å². The molecule has 3 heteroatoms. The van der Waals surface area contributed by atoms with E-state index in [1.165, 1.54) is 19.3 Å². The lowest BCUT2D eigenvalue weighted by Gasteiger charge is -1.92. The van der Waals surface area contributed by atoms with Crippen LogP contribution in [0.15, 0.2) is 30.3 Å². The molecule has 0 aliphatic rings. The van der Waals surface area contributed by atoms with E-state index in [0.29, 0.717) is 0 Å². The van der Waals surface area contributed by atoms with Gasteiger partial charge in [0.1, 0.15) is 0 Å². The van der Waals surface area contributed by atoms with Gasteiger partial charge in [-0.25, -0.2) is 0 Å². The molecule has 0 radical (unpaired) electrons. The molecule has 90 valence electrons. The number of hydrogen-bond acceptors (Lipinski definition) is 1.